The average Bonchev–Trinajstić information content (AvgIpc) is 2.68. The molecule has 2 fully saturated rings. The van der Waals surface area contributed by atoms with Gasteiger partial charge in [-0.25, -0.2) is 0 Å². The first kappa shape index (κ1) is 13.3. The molecule has 1 saturated heterocycles. The minimum Gasteiger partial charge on any atom is -0.392 e. The number of likely N-dealkylation sites (tertiary alicyclic amines) is 1. The van der Waals surface area contributed by atoms with E-state index in [-0.39, 0.29) is 12.1 Å². The molecule has 100 valence electrons. The molecule has 1 saturated carbocycles. The van der Waals surface area contributed by atoms with Crippen molar-refractivity contribution in [1.29, 1.82) is 0 Å². The monoisotopic (exact) mass is 242 g/mol. The summed E-state index contributed by atoms with van der Waals surface area (Å²) < 4.78 is 0. The molecule has 0 aromatic rings. The van der Waals surface area contributed by atoms with Crippen LogP contribution in [0.15, 0.2) is 0 Å². The summed E-state index contributed by atoms with van der Waals surface area (Å²) >= 11 is 0. The van der Waals surface area contributed by atoms with Gasteiger partial charge in [-0.15, -0.1) is 0 Å². The normalized spacial score (nSPS) is 43.8. The van der Waals surface area contributed by atoms with Crippen LogP contribution in [0.1, 0.15) is 32.6 Å². The topological polar surface area (TPSA) is 46.9 Å². The molecule has 1 heterocycles. The van der Waals surface area contributed by atoms with Crippen LogP contribution in [0.4, 0.5) is 0 Å². The van der Waals surface area contributed by atoms with Crippen molar-refractivity contribution >= 4 is 0 Å². The smallest absolute Gasteiger partial charge is 0.0774 e. The highest BCUT2D eigenvalue weighted by Crippen LogP contribution is 2.37. The van der Waals surface area contributed by atoms with Gasteiger partial charge in [-0.2, -0.15) is 0 Å². The first-order chi connectivity index (χ1) is 7.90. The number of β-amino-alcohol motifs (C(OH)–C–C–N with tert-alkyl or cyclic N) is 1. The first-order valence-corrected chi connectivity index (χ1v) is 6.71. The van der Waals surface area contributed by atoms with Gasteiger partial charge in [0.05, 0.1) is 11.7 Å². The maximum absolute atomic E-state index is 10.4. The van der Waals surface area contributed by atoms with Crippen LogP contribution < -0.4 is 0 Å². The number of hydrogen-bond donors (Lipinski definition) is 2. The second-order valence-electron chi connectivity index (χ2n) is 6.27. The number of likely N-dealkylation sites (N-methyl/N-ethyl adjacent to an activating group) is 1. The highest BCUT2D eigenvalue weighted by Gasteiger charge is 2.45. The van der Waals surface area contributed by atoms with Crippen molar-refractivity contribution in [3.63, 3.8) is 0 Å². The third kappa shape index (κ3) is 2.81. The van der Waals surface area contributed by atoms with E-state index in [0.717, 1.165) is 38.8 Å². The summed E-state index contributed by atoms with van der Waals surface area (Å²) in [7, 11) is 4.13. The summed E-state index contributed by atoms with van der Waals surface area (Å²) in [6.45, 7) is 3.63. The summed E-state index contributed by atoms with van der Waals surface area (Å²) in [6.07, 6.45) is 3.66. The van der Waals surface area contributed by atoms with Crippen molar-refractivity contribution in [1.82, 2.24) is 9.80 Å². The Labute approximate surface area is 104 Å². The van der Waals surface area contributed by atoms with Crippen LogP contribution >= 0.6 is 0 Å². The van der Waals surface area contributed by atoms with Crippen molar-refractivity contribution in [2.75, 3.05) is 27.2 Å². The number of aliphatic hydroxyl groups is 2. The molecule has 2 rings (SSSR count). The lowest BCUT2D eigenvalue weighted by atomic mass is 9.98. The summed E-state index contributed by atoms with van der Waals surface area (Å²) in [4.78, 5) is 4.51. The molecule has 2 N–H and O–H groups in total. The molecule has 4 atom stereocenters. The molecule has 0 bridgehead atoms. The van der Waals surface area contributed by atoms with Crippen LogP contribution in [0.5, 0.6) is 0 Å². The maximum Gasteiger partial charge on any atom is 0.0774 e. The van der Waals surface area contributed by atoms with E-state index in [4.69, 9.17) is 0 Å². The zero-order valence-electron chi connectivity index (χ0n) is 11.3. The molecule has 0 spiro atoms. The second-order valence-corrected chi connectivity index (χ2v) is 6.27. The summed E-state index contributed by atoms with van der Waals surface area (Å²) in [6, 6.07) is 0.610. The Morgan fingerprint density at radius 2 is 2.12 bits per heavy atom. The Bertz CT molecular complexity index is 268. The van der Waals surface area contributed by atoms with Gasteiger partial charge in [0.25, 0.3) is 0 Å². The van der Waals surface area contributed by atoms with E-state index in [1.54, 1.807) is 0 Å². The van der Waals surface area contributed by atoms with Gasteiger partial charge < -0.3 is 15.1 Å². The van der Waals surface area contributed by atoms with Crippen LogP contribution in [0.2, 0.25) is 0 Å². The molecule has 2 aliphatic rings. The molecule has 0 amide bonds. The van der Waals surface area contributed by atoms with Gasteiger partial charge in [0, 0.05) is 25.2 Å². The standard InChI is InChI=1S/C13H26N2O2/c1-13(17)6-4-5-12(13)15-9-11(16)7-10(15)8-14(2)3/h10-12,16-17H,4-9H2,1-3H3. The van der Waals surface area contributed by atoms with Crippen LogP contribution in [0.25, 0.3) is 0 Å². The van der Waals surface area contributed by atoms with E-state index in [1.807, 2.05) is 6.92 Å². The Morgan fingerprint density at radius 1 is 1.41 bits per heavy atom. The van der Waals surface area contributed by atoms with Gasteiger partial charge in [-0.3, -0.25) is 4.90 Å². The fraction of sp³-hybridized carbons (Fsp3) is 1.00. The molecule has 0 aromatic carbocycles. The quantitative estimate of drug-likeness (QED) is 0.746. The van der Waals surface area contributed by atoms with Crippen molar-refractivity contribution in [3.8, 4) is 0 Å². The zero-order valence-corrected chi connectivity index (χ0v) is 11.3. The minimum atomic E-state index is -0.575. The van der Waals surface area contributed by atoms with E-state index in [9.17, 15) is 10.2 Å². The largest absolute Gasteiger partial charge is 0.392 e. The van der Waals surface area contributed by atoms with Gasteiger partial charge in [-0.05, 0) is 46.7 Å². The zero-order chi connectivity index (χ0) is 12.6. The van der Waals surface area contributed by atoms with Crippen molar-refractivity contribution in [3.05, 3.63) is 0 Å². The van der Waals surface area contributed by atoms with Crippen LogP contribution in [-0.2, 0) is 0 Å². The van der Waals surface area contributed by atoms with E-state index in [0.29, 0.717) is 6.04 Å². The molecule has 1 aliphatic carbocycles. The Balaban J connectivity index is 2.07. The Hall–Kier alpha value is -0.160. The van der Waals surface area contributed by atoms with Crippen molar-refractivity contribution in [2.24, 2.45) is 0 Å². The summed E-state index contributed by atoms with van der Waals surface area (Å²) in [5, 5.41) is 20.3. The number of hydrogen-bond acceptors (Lipinski definition) is 4. The fourth-order valence-corrected chi connectivity index (χ4v) is 3.55. The lowest BCUT2D eigenvalue weighted by Gasteiger charge is -2.38. The number of aliphatic hydroxyl groups excluding tert-OH is 1. The van der Waals surface area contributed by atoms with Crippen molar-refractivity contribution in [2.45, 2.75) is 56.4 Å². The van der Waals surface area contributed by atoms with E-state index >= 15 is 0 Å². The van der Waals surface area contributed by atoms with E-state index < -0.39 is 5.60 Å². The van der Waals surface area contributed by atoms with Crippen molar-refractivity contribution < 1.29 is 10.2 Å². The lowest BCUT2D eigenvalue weighted by Crippen LogP contribution is -2.51. The molecule has 4 heteroatoms. The highest BCUT2D eigenvalue weighted by molar-refractivity contribution is 5.01. The van der Waals surface area contributed by atoms with Crippen LogP contribution in [-0.4, -0.2) is 71.0 Å². The average molecular weight is 242 g/mol. The SMILES string of the molecule is CN(C)CC1CC(O)CN1C1CCCC1(C)O. The summed E-state index contributed by atoms with van der Waals surface area (Å²) in [5.41, 5.74) is -0.575. The molecular weight excluding hydrogens is 216 g/mol. The lowest BCUT2D eigenvalue weighted by molar-refractivity contribution is -0.0228. The van der Waals surface area contributed by atoms with E-state index in [1.165, 1.54) is 0 Å². The number of nitrogens with zero attached hydrogens (tertiary/aromatic N) is 2. The van der Waals surface area contributed by atoms with Crippen LogP contribution in [0.3, 0.4) is 0 Å². The molecule has 0 radical (unpaired) electrons. The second kappa shape index (κ2) is 4.84. The Kier molecular flexibility index (Phi) is 3.78. The van der Waals surface area contributed by atoms with Gasteiger partial charge in [0.2, 0.25) is 0 Å². The fourth-order valence-electron chi connectivity index (χ4n) is 3.55. The summed E-state index contributed by atoms with van der Waals surface area (Å²) in [5.74, 6) is 0. The first-order valence-electron chi connectivity index (χ1n) is 6.71. The molecule has 17 heavy (non-hydrogen) atoms. The Morgan fingerprint density at radius 3 is 2.65 bits per heavy atom. The maximum atomic E-state index is 10.4. The molecule has 1 aliphatic heterocycles. The minimum absolute atomic E-state index is 0.226. The highest BCUT2D eigenvalue weighted by atomic mass is 16.3. The molecular formula is C13H26N2O2. The third-order valence-electron chi connectivity index (χ3n) is 4.29. The predicted molar refractivity (Wildman–Crippen MR) is 67.9 cm³/mol. The molecule has 4 unspecified atom stereocenters. The van der Waals surface area contributed by atoms with Gasteiger partial charge in [0.15, 0.2) is 0 Å². The number of rotatable bonds is 3. The van der Waals surface area contributed by atoms with E-state index in [2.05, 4.69) is 23.9 Å². The van der Waals surface area contributed by atoms with Gasteiger partial charge in [-0.1, -0.05) is 0 Å². The third-order valence-corrected chi connectivity index (χ3v) is 4.29. The van der Waals surface area contributed by atoms with Crippen LogP contribution in [0, 0.1) is 0 Å². The molecule has 4 nitrogen and oxygen atoms in total. The van der Waals surface area contributed by atoms with Gasteiger partial charge >= 0.3 is 0 Å². The molecule has 0 aromatic heterocycles. The predicted octanol–water partition coefficient (Wildman–Crippen LogP) is 0.287. The van der Waals surface area contributed by atoms with Gasteiger partial charge in [0.1, 0.15) is 0 Å².